The van der Waals surface area contributed by atoms with E-state index in [1.807, 2.05) is 24.4 Å². The highest BCUT2D eigenvalue weighted by Gasteiger charge is 2.16. The molecule has 0 amide bonds. The van der Waals surface area contributed by atoms with Gasteiger partial charge in [-0.2, -0.15) is 0 Å². The minimum absolute atomic E-state index is 0.468. The van der Waals surface area contributed by atoms with E-state index in [0.717, 1.165) is 17.9 Å². The van der Waals surface area contributed by atoms with Gasteiger partial charge in [0.2, 0.25) is 5.95 Å². The largest absolute Gasteiger partial charge is 0.305 e. The molecule has 0 spiro atoms. The van der Waals surface area contributed by atoms with Crippen LogP contribution in [0, 0.1) is 0 Å². The maximum Gasteiger partial charge on any atom is 0.230 e. The van der Waals surface area contributed by atoms with E-state index < -0.39 is 0 Å². The van der Waals surface area contributed by atoms with Crippen LogP contribution in [0.3, 0.4) is 0 Å². The third-order valence-electron chi connectivity index (χ3n) is 2.67. The average molecular weight is 185 g/mol. The fraction of sp³-hybridized carbons (Fsp3) is 0.273. The normalized spacial score (nSPS) is 19.9. The van der Waals surface area contributed by atoms with E-state index >= 15 is 0 Å². The molecule has 0 saturated carbocycles. The molecule has 0 saturated heterocycles. The number of fused-ring (bicyclic) bond motifs is 3. The maximum absolute atomic E-state index is 4.47. The summed E-state index contributed by atoms with van der Waals surface area (Å²) in [7, 11) is 0. The van der Waals surface area contributed by atoms with Gasteiger partial charge in [0.05, 0.1) is 11.0 Å². The van der Waals surface area contributed by atoms with Crippen molar-refractivity contribution in [1.29, 1.82) is 0 Å². The van der Waals surface area contributed by atoms with Crippen LogP contribution in [0.2, 0.25) is 0 Å². The van der Waals surface area contributed by atoms with Gasteiger partial charge in [-0.3, -0.25) is 0 Å². The van der Waals surface area contributed by atoms with E-state index in [1.165, 1.54) is 5.52 Å². The number of hydrogen-bond acceptors (Lipinski definition) is 2. The van der Waals surface area contributed by atoms with Gasteiger partial charge < -0.3 is 4.57 Å². The van der Waals surface area contributed by atoms with Crippen molar-refractivity contribution in [3.8, 4) is 0 Å². The van der Waals surface area contributed by atoms with Crippen LogP contribution in [0.1, 0.15) is 19.4 Å². The maximum atomic E-state index is 4.47. The molecule has 3 heteroatoms. The van der Waals surface area contributed by atoms with Crippen LogP contribution in [0.5, 0.6) is 0 Å². The summed E-state index contributed by atoms with van der Waals surface area (Å²) in [4.78, 5) is 8.78. The van der Waals surface area contributed by atoms with Crippen molar-refractivity contribution < 1.29 is 0 Å². The fourth-order valence-corrected chi connectivity index (χ4v) is 1.95. The monoisotopic (exact) mass is 185 g/mol. The van der Waals surface area contributed by atoms with E-state index in [-0.39, 0.29) is 0 Å². The molecule has 0 N–H and O–H groups in total. The lowest BCUT2D eigenvalue weighted by Gasteiger charge is -2.16. The zero-order chi connectivity index (χ0) is 9.54. The summed E-state index contributed by atoms with van der Waals surface area (Å²) in [6.45, 7) is 2.20. The molecule has 1 aliphatic rings. The Morgan fingerprint density at radius 2 is 2.21 bits per heavy atom. The first kappa shape index (κ1) is 7.74. The number of hydrogen-bond donors (Lipinski definition) is 0. The van der Waals surface area contributed by atoms with Crippen molar-refractivity contribution in [2.24, 2.45) is 4.99 Å². The molecule has 2 heterocycles. The van der Waals surface area contributed by atoms with Crippen LogP contribution >= 0.6 is 0 Å². The van der Waals surface area contributed by atoms with E-state index in [0.29, 0.717) is 6.04 Å². The Morgan fingerprint density at radius 1 is 1.36 bits per heavy atom. The number of aliphatic imine (C=N–C) groups is 1. The van der Waals surface area contributed by atoms with Crippen molar-refractivity contribution in [3.63, 3.8) is 0 Å². The number of nitrogens with zero attached hydrogens (tertiary/aromatic N) is 3. The Morgan fingerprint density at radius 3 is 3.14 bits per heavy atom. The van der Waals surface area contributed by atoms with Gasteiger partial charge in [-0.15, -0.1) is 0 Å². The molecule has 70 valence electrons. The fourth-order valence-electron chi connectivity index (χ4n) is 1.95. The minimum atomic E-state index is 0.468. The molecule has 1 aliphatic heterocycles. The van der Waals surface area contributed by atoms with Gasteiger partial charge in [-0.05, 0) is 19.1 Å². The van der Waals surface area contributed by atoms with Crippen LogP contribution < -0.4 is 0 Å². The second-order valence-electron chi connectivity index (χ2n) is 3.67. The lowest BCUT2D eigenvalue weighted by atomic mass is 10.2. The number of benzene rings is 1. The smallest absolute Gasteiger partial charge is 0.230 e. The number of imidazole rings is 1. The van der Waals surface area contributed by atoms with Gasteiger partial charge >= 0.3 is 0 Å². The van der Waals surface area contributed by atoms with Gasteiger partial charge in [0, 0.05) is 18.7 Å². The Balaban J connectivity index is 2.40. The summed E-state index contributed by atoms with van der Waals surface area (Å²) in [5, 5.41) is 0. The second-order valence-corrected chi connectivity index (χ2v) is 3.67. The molecule has 0 fully saturated rings. The summed E-state index contributed by atoms with van der Waals surface area (Å²) in [6.07, 6.45) is 2.94. The van der Waals surface area contributed by atoms with Gasteiger partial charge in [0.1, 0.15) is 0 Å². The predicted octanol–water partition coefficient (Wildman–Crippen LogP) is 2.70. The predicted molar refractivity (Wildman–Crippen MR) is 57.2 cm³/mol. The molecule has 1 aromatic heterocycles. The second kappa shape index (κ2) is 2.67. The number of rotatable bonds is 0. The van der Waals surface area contributed by atoms with Crippen LogP contribution in [-0.2, 0) is 0 Å². The van der Waals surface area contributed by atoms with E-state index in [4.69, 9.17) is 0 Å². The Labute approximate surface area is 82.1 Å². The van der Waals surface area contributed by atoms with Crippen molar-refractivity contribution >= 4 is 23.2 Å². The van der Waals surface area contributed by atoms with Crippen molar-refractivity contribution in [2.45, 2.75) is 19.4 Å². The van der Waals surface area contributed by atoms with Crippen molar-refractivity contribution in [2.75, 3.05) is 0 Å². The summed E-state index contributed by atoms with van der Waals surface area (Å²) < 4.78 is 2.20. The number of aromatic nitrogens is 2. The van der Waals surface area contributed by atoms with Crippen LogP contribution in [-0.4, -0.2) is 15.8 Å². The van der Waals surface area contributed by atoms with Gasteiger partial charge in [-0.1, -0.05) is 12.1 Å². The molecule has 2 aromatic rings. The Bertz CT molecular complexity index is 510. The zero-order valence-electron chi connectivity index (χ0n) is 8.01. The zero-order valence-corrected chi connectivity index (χ0v) is 8.01. The SMILES string of the molecule is CC1CC=Nc2nc3ccccc3n21. The molecular formula is C11H11N3. The quantitative estimate of drug-likeness (QED) is 0.620. The molecular weight excluding hydrogens is 174 g/mol. The average Bonchev–Trinajstić information content (AvgIpc) is 2.57. The Kier molecular flexibility index (Phi) is 1.48. The third-order valence-corrected chi connectivity index (χ3v) is 2.67. The van der Waals surface area contributed by atoms with E-state index in [1.54, 1.807) is 0 Å². The van der Waals surface area contributed by atoms with E-state index in [9.17, 15) is 0 Å². The van der Waals surface area contributed by atoms with Crippen LogP contribution in [0.25, 0.3) is 11.0 Å². The standard InChI is InChI=1S/C11H11N3/c1-8-6-7-12-11-13-9-4-2-3-5-10(9)14(8)11/h2-5,7-8H,6H2,1H3. The molecule has 3 nitrogen and oxygen atoms in total. The molecule has 14 heavy (non-hydrogen) atoms. The molecule has 1 aromatic carbocycles. The Hall–Kier alpha value is -1.64. The first-order valence-electron chi connectivity index (χ1n) is 4.86. The molecule has 1 unspecified atom stereocenters. The summed E-state index contributed by atoms with van der Waals surface area (Å²) >= 11 is 0. The molecule has 1 atom stereocenters. The van der Waals surface area contributed by atoms with Gasteiger partial charge in [0.15, 0.2) is 0 Å². The molecule has 0 bridgehead atoms. The van der Waals surface area contributed by atoms with Gasteiger partial charge in [0.25, 0.3) is 0 Å². The topological polar surface area (TPSA) is 30.2 Å². The summed E-state index contributed by atoms with van der Waals surface area (Å²) in [6, 6.07) is 8.65. The van der Waals surface area contributed by atoms with Crippen molar-refractivity contribution in [3.05, 3.63) is 24.3 Å². The lowest BCUT2D eigenvalue weighted by Crippen LogP contribution is -2.08. The summed E-state index contributed by atoms with van der Waals surface area (Å²) in [5.41, 5.74) is 2.22. The highest BCUT2D eigenvalue weighted by Crippen LogP contribution is 2.29. The molecule has 0 radical (unpaired) electrons. The van der Waals surface area contributed by atoms with Crippen LogP contribution in [0.4, 0.5) is 5.95 Å². The van der Waals surface area contributed by atoms with Gasteiger partial charge in [-0.25, -0.2) is 9.98 Å². The first-order chi connectivity index (χ1) is 6.86. The van der Waals surface area contributed by atoms with E-state index in [2.05, 4.69) is 27.5 Å². The number of para-hydroxylation sites is 2. The highest BCUT2D eigenvalue weighted by atomic mass is 15.2. The first-order valence-corrected chi connectivity index (χ1v) is 4.86. The summed E-state index contributed by atoms with van der Waals surface area (Å²) in [5.74, 6) is 0.838. The minimum Gasteiger partial charge on any atom is -0.305 e. The molecule has 3 rings (SSSR count). The third kappa shape index (κ3) is 0.923. The lowest BCUT2D eigenvalue weighted by molar-refractivity contribution is 0.580. The van der Waals surface area contributed by atoms with Crippen molar-refractivity contribution in [1.82, 2.24) is 9.55 Å². The van der Waals surface area contributed by atoms with Crippen LogP contribution in [0.15, 0.2) is 29.3 Å². The molecule has 0 aliphatic carbocycles. The highest BCUT2D eigenvalue weighted by molar-refractivity contribution is 5.80.